The van der Waals surface area contributed by atoms with Crippen LogP contribution in [0.1, 0.15) is 30.9 Å². The summed E-state index contributed by atoms with van der Waals surface area (Å²) in [5.74, 6) is 0.558. The Morgan fingerprint density at radius 1 is 1.27 bits per heavy atom. The van der Waals surface area contributed by atoms with Gasteiger partial charge in [0.25, 0.3) is 0 Å². The lowest BCUT2D eigenvalue weighted by Crippen LogP contribution is -1.87. The molecule has 1 aromatic rings. The minimum atomic E-state index is 0.558. The summed E-state index contributed by atoms with van der Waals surface area (Å²) in [4.78, 5) is 3.96. The van der Waals surface area contributed by atoms with Crippen LogP contribution in [-0.4, -0.2) is 6.72 Å². The molecule has 0 atom stereocenters. The van der Waals surface area contributed by atoms with Gasteiger partial charge < -0.3 is 0 Å². The van der Waals surface area contributed by atoms with Gasteiger partial charge in [0.2, 0.25) is 0 Å². The summed E-state index contributed by atoms with van der Waals surface area (Å²) in [6.07, 6.45) is 3.58. The van der Waals surface area contributed by atoms with E-state index in [1.165, 1.54) is 5.56 Å². The summed E-state index contributed by atoms with van der Waals surface area (Å²) < 4.78 is 0. The zero-order valence-corrected chi connectivity index (χ0v) is 9.40. The molecule has 0 aliphatic rings. The van der Waals surface area contributed by atoms with E-state index in [0.29, 0.717) is 5.92 Å². The highest BCUT2D eigenvalue weighted by Gasteiger charge is 2.00. The first-order valence-corrected chi connectivity index (χ1v) is 5.08. The van der Waals surface area contributed by atoms with Crippen molar-refractivity contribution in [1.82, 2.24) is 0 Å². The quantitative estimate of drug-likeness (QED) is 0.512. The van der Waals surface area contributed by atoms with Gasteiger partial charge in [-0.3, -0.25) is 4.99 Å². The van der Waals surface area contributed by atoms with Crippen molar-refractivity contribution >= 4 is 12.4 Å². The minimum absolute atomic E-state index is 0.558. The summed E-state index contributed by atoms with van der Waals surface area (Å²) in [5.41, 5.74) is 3.27. The first-order valence-electron chi connectivity index (χ1n) is 5.08. The molecule has 0 saturated heterocycles. The molecule has 0 radical (unpaired) electrons. The van der Waals surface area contributed by atoms with Gasteiger partial charge in [-0.1, -0.05) is 50.8 Å². The van der Waals surface area contributed by atoms with Gasteiger partial charge >= 0.3 is 0 Å². The number of hydrogen-bond donors (Lipinski definition) is 0. The fraction of sp³-hybridized carbons (Fsp3) is 0.214. The van der Waals surface area contributed by atoms with Gasteiger partial charge in [-0.25, -0.2) is 0 Å². The molecular formula is C14H17N. The molecule has 1 aromatic carbocycles. The molecular weight excluding hydrogens is 182 g/mol. The lowest BCUT2D eigenvalue weighted by molar-refractivity contribution is 0.866. The van der Waals surface area contributed by atoms with Crippen LogP contribution >= 0.6 is 0 Å². The molecule has 0 unspecified atom stereocenters. The van der Waals surface area contributed by atoms with Crippen LogP contribution in [0, 0.1) is 0 Å². The van der Waals surface area contributed by atoms with Gasteiger partial charge in [0.05, 0.1) is 5.70 Å². The summed E-state index contributed by atoms with van der Waals surface area (Å²) in [5, 5.41) is 0. The Kier molecular flexibility index (Phi) is 4.04. The highest BCUT2D eigenvalue weighted by molar-refractivity contribution is 5.69. The maximum Gasteiger partial charge on any atom is 0.0694 e. The Labute approximate surface area is 91.9 Å². The molecule has 78 valence electrons. The minimum Gasteiger partial charge on any atom is -0.264 e. The molecule has 0 fully saturated rings. The van der Waals surface area contributed by atoms with E-state index in [1.54, 1.807) is 6.08 Å². The largest absolute Gasteiger partial charge is 0.264 e. The smallest absolute Gasteiger partial charge is 0.0694 e. The van der Waals surface area contributed by atoms with E-state index in [4.69, 9.17) is 0 Å². The topological polar surface area (TPSA) is 12.4 Å². The van der Waals surface area contributed by atoms with Gasteiger partial charge in [-0.2, -0.15) is 0 Å². The molecule has 1 heteroatoms. The zero-order chi connectivity index (χ0) is 11.3. The van der Waals surface area contributed by atoms with Crippen LogP contribution in [0.3, 0.4) is 0 Å². The maximum absolute atomic E-state index is 3.96. The number of rotatable bonds is 4. The van der Waals surface area contributed by atoms with Crippen molar-refractivity contribution in [3.05, 3.63) is 54.1 Å². The normalized spacial score (nSPS) is 11.5. The zero-order valence-electron chi connectivity index (χ0n) is 9.40. The molecule has 0 aromatic heterocycles. The van der Waals surface area contributed by atoms with E-state index in [1.807, 2.05) is 6.08 Å². The van der Waals surface area contributed by atoms with E-state index in [-0.39, 0.29) is 0 Å². The van der Waals surface area contributed by atoms with E-state index < -0.39 is 0 Å². The van der Waals surface area contributed by atoms with Gasteiger partial charge in [0.1, 0.15) is 0 Å². The number of hydrogen-bond acceptors (Lipinski definition) is 1. The molecule has 0 aliphatic heterocycles. The van der Waals surface area contributed by atoms with Crippen LogP contribution in [0.25, 0.3) is 5.70 Å². The summed E-state index contributed by atoms with van der Waals surface area (Å²) >= 11 is 0. The van der Waals surface area contributed by atoms with E-state index in [9.17, 15) is 0 Å². The molecule has 0 aliphatic carbocycles. The fourth-order valence-corrected chi connectivity index (χ4v) is 1.39. The Morgan fingerprint density at radius 2 is 1.87 bits per heavy atom. The lowest BCUT2D eigenvalue weighted by atomic mass is 10.0. The molecule has 15 heavy (non-hydrogen) atoms. The predicted molar refractivity (Wildman–Crippen MR) is 68.3 cm³/mol. The Balaban J connectivity index is 3.02. The van der Waals surface area contributed by atoms with Crippen LogP contribution in [0.4, 0.5) is 0 Å². The molecule has 0 N–H and O–H groups in total. The van der Waals surface area contributed by atoms with Crippen molar-refractivity contribution in [2.75, 3.05) is 0 Å². The highest BCUT2D eigenvalue weighted by atomic mass is 14.7. The summed E-state index contributed by atoms with van der Waals surface area (Å²) in [6, 6.07) is 8.39. The number of aliphatic imine (C=N–C) groups is 1. The van der Waals surface area contributed by atoms with Crippen molar-refractivity contribution in [3.8, 4) is 0 Å². The fourth-order valence-electron chi connectivity index (χ4n) is 1.39. The van der Waals surface area contributed by atoms with Crippen LogP contribution in [0.5, 0.6) is 0 Å². The lowest BCUT2D eigenvalue weighted by Gasteiger charge is -2.06. The molecule has 0 amide bonds. The molecule has 1 nitrogen and oxygen atoms in total. The van der Waals surface area contributed by atoms with Crippen molar-refractivity contribution in [2.45, 2.75) is 19.8 Å². The first kappa shape index (κ1) is 11.4. The average Bonchev–Trinajstić information content (AvgIpc) is 2.26. The predicted octanol–water partition coefficient (Wildman–Crippen LogP) is 4.04. The monoisotopic (exact) mass is 199 g/mol. The Morgan fingerprint density at radius 3 is 2.27 bits per heavy atom. The second-order valence-corrected chi connectivity index (χ2v) is 3.72. The second-order valence-electron chi connectivity index (χ2n) is 3.72. The standard InChI is InChI=1S/C14H17N/c1-5-6-14(15-4)13-9-7-12(8-10-13)11(2)3/h5-11H,1,4H2,2-3H3/b14-6-. The number of nitrogens with zero attached hydrogens (tertiary/aromatic N) is 1. The maximum atomic E-state index is 3.96. The van der Waals surface area contributed by atoms with Gasteiger partial charge in [-0.15, -0.1) is 0 Å². The number of allylic oxidation sites excluding steroid dienone is 2. The van der Waals surface area contributed by atoms with Gasteiger partial charge in [0, 0.05) is 5.56 Å². The van der Waals surface area contributed by atoms with Crippen molar-refractivity contribution in [1.29, 1.82) is 0 Å². The summed E-state index contributed by atoms with van der Waals surface area (Å²) in [6.45, 7) is 11.6. The molecule has 1 rings (SSSR count). The molecule has 0 saturated carbocycles. The van der Waals surface area contributed by atoms with Crippen molar-refractivity contribution in [3.63, 3.8) is 0 Å². The van der Waals surface area contributed by atoms with Gasteiger partial charge in [0.15, 0.2) is 0 Å². The van der Waals surface area contributed by atoms with Crippen LogP contribution in [-0.2, 0) is 0 Å². The SMILES string of the molecule is C=C/C=C(\N=C)c1ccc(C(C)C)cc1. The van der Waals surface area contributed by atoms with E-state index in [2.05, 4.69) is 56.4 Å². The summed E-state index contributed by atoms with van der Waals surface area (Å²) in [7, 11) is 0. The van der Waals surface area contributed by atoms with Crippen molar-refractivity contribution < 1.29 is 0 Å². The van der Waals surface area contributed by atoms with E-state index in [0.717, 1.165) is 11.3 Å². The van der Waals surface area contributed by atoms with E-state index >= 15 is 0 Å². The average molecular weight is 199 g/mol. The van der Waals surface area contributed by atoms with Crippen molar-refractivity contribution in [2.24, 2.45) is 4.99 Å². The first-order chi connectivity index (χ1) is 7.19. The highest BCUT2D eigenvalue weighted by Crippen LogP contribution is 2.19. The van der Waals surface area contributed by atoms with Crippen LogP contribution in [0.15, 0.2) is 48.0 Å². The van der Waals surface area contributed by atoms with Crippen LogP contribution in [0.2, 0.25) is 0 Å². The Hall–Kier alpha value is -1.63. The third kappa shape index (κ3) is 2.91. The molecule has 0 spiro atoms. The van der Waals surface area contributed by atoms with Crippen LogP contribution < -0.4 is 0 Å². The second kappa shape index (κ2) is 5.30. The third-order valence-corrected chi connectivity index (χ3v) is 2.32. The molecule has 0 bridgehead atoms. The van der Waals surface area contributed by atoms with Gasteiger partial charge in [-0.05, 0) is 24.3 Å². The third-order valence-electron chi connectivity index (χ3n) is 2.32. The Bertz CT molecular complexity index is 369. The number of benzene rings is 1. The molecule has 0 heterocycles.